The van der Waals surface area contributed by atoms with Crippen LogP contribution < -0.4 is 0 Å². The molecule has 12 aromatic heterocycles. The second-order valence-electron chi connectivity index (χ2n) is 27.4. The van der Waals surface area contributed by atoms with Crippen molar-refractivity contribution in [3.63, 3.8) is 0 Å². The lowest BCUT2D eigenvalue weighted by Gasteiger charge is -2.09. The van der Waals surface area contributed by atoms with E-state index < -0.39 is 0 Å². The van der Waals surface area contributed by atoms with Gasteiger partial charge in [-0.1, -0.05) is 246 Å². The highest BCUT2D eigenvalue weighted by Crippen LogP contribution is 2.47. The zero-order valence-electron chi connectivity index (χ0n) is 59.2. The maximum atomic E-state index is 4.84. The van der Waals surface area contributed by atoms with Crippen molar-refractivity contribution in [2.24, 2.45) is 0 Å². The Hall–Kier alpha value is -14.2. The Morgan fingerprint density at radius 1 is 0.198 bits per heavy atom. The van der Waals surface area contributed by atoms with Gasteiger partial charge in [-0.15, -0.1) is 0 Å². The van der Waals surface area contributed by atoms with Gasteiger partial charge in [-0.3, -0.25) is 28.7 Å². The largest absolute Gasteiger partial charge is 0.309 e. The van der Waals surface area contributed by atoms with E-state index in [1.807, 2.05) is 74.0 Å². The Kier molecular flexibility index (Phi) is 15.2. The highest BCUT2D eigenvalue weighted by molar-refractivity contribution is 7.18. The molecule has 12 aromatic carbocycles. The third-order valence-electron chi connectivity index (χ3n) is 21.4. The monoisotopic (exact) mass is 1480 g/mol. The predicted molar refractivity (Wildman–Crippen MR) is 462 cm³/mol. The quantitative estimate of drug-likeness (QED) is 0.142. The van der Waals surface area contributed by atoms with Crippen molar-refractivity contribution in [3.8, 4) is 63.8 Å². The molecule has 0 atom stereocenters. The highest BCUT2D eigenvalue weighted by Gasteiger charge is 2.26. The van der Waals surface area contributed by atoms with E-state index in [4.69, 9.17) is 15.0 Å². The molecule has 24 rings (SSSR count). The maximum absolute atomic E-state index is 4.84. The summed E-state index contributed by atoms with van der Waals surface area (Å²) < 4.78 is 14.2. The minimum Gasteiger partial charge on any atom is -0.309 e. The topological polar surface area (TPSA) is 107 Å². The molecule has 0 fully saturated rings. The molecule has 111 heavy (non-hydrogen) atoms. The van der Waals surface area contributed by atoms with Crippen LogP contribution in [0, 0.1) is 0 Å². The molecule has 522 valence electrons. The fourth-order valence-corrected chi connectivity index (χ4v) is 19.6. The maximum Gasteiger partial charge on any atom is 0.125 e. The molecule has 0 amide bonds. The van der Waals surface area contributed by atoms with Crippen molar-refractivity contribution < 1.29 is 0 Å². The van der Waals surface area contributed by atoms with E-state index in [1.165, 1.54) is 131 Å². The van der Waals surface area contributed by atoms with E-state index in [1.54, 1.807) is 34.0 Å². The number of pyridine rings is 3. The van der Waals surface area contributed by atoms with E-state index >= 15 is 0 Å². The van der Waals surface area contributed by atoms with Crippen molar-refractivity contribution in [2.75, 3.05) is 0 Å². The lowest BCUT2D eigenvalue weighted by atomic mass is 10.1. The van der Waals surface area contributed by atoms with Crippen molar-refractivity contribution in [2.45, 2.75) is 0 Å². The molecule has 0 unspecified atom stereocenters. The summed E-state index contributed by atoms with van der Waals surface area (Å²) >= 11 is 5.17. The third kappa shape index (κ3) is 10.4. The van der Waals surface area contributed by atoms with Crippen LogP contribution >= 0.6 is 34.0 Å². The van der Waals surface area contributed by atoms with Crippen molar-refractivity contribution >= 4 is 165 Å². The third-order valence-corrected chi connectivity index (χ3v) is 24.5. The number of rotatable bonds is 9. The van der Waals surface area contributed by atoms with Crippen LogP contribution in [-0.2, 0) is 0 Å². The fraction of sp³-hybridized carbons (Fsp3) is 0. The van der Waals surface area contributed by atoms with Crippen molar-refractivity contribution in [1.82, 2.24) is 57.3 Å². The summed E-state index contributed by atoms with van der Waals surface area (Å²) in [6, 6.07) is 109. The highest BCUT2D eigenvalue weighted by atomic mass is 32.1. The zero-order valence-corrected chi connectivity index (χ0v) is 61.7. The number of fused-ring (bicyclic) bond motifs is 20. The van der Waals surface area contributed by atoms with Gasteiger partial charge in [0.2, 0.25) is 0 Å². The molecule has 24 aromatic rings. The molecule has 0 N–H and O–H groups in total. The summed E-state index contributed by atoms with van der Waals surface area (Å²) in [6.45, 7) is 0. The van der Waals surface area contributed by atoms with Crippen LogP contribution in [0.1, 0.15) is 0 Å². The van der Waals surface area contributed by atoms with Gasteiger partial charge in [0.25, 0.3) is 0 Å². The second kappa shape index (κ2) is 26.3. The van der Waals surface area contributed by atoms with Gasteiger partial charge in [0.15, 0.2) is 0 Å². The average Bonchev–Trinajstić information content (AvgIpc) is 1.56. The summed E-state index contributed by atoms with van der Waals surface area (Å²) in [5.41, 5.74) is 21.0. The normalized spacial score (nSPS) is 11.8. The Morgan fingerprint density at radius 2 is 0.477 bits per heavy atom. The van der Waals surface area contributed by atoms with E-state index in [-0.39, 0.29) is 0 Å². The van der Waals surface area contributed by atoms with Gasteiger partial charge in [0.1, 0.15) is 30.0 Å². The second-order valence-corrected chi connectivity index (χ2v) is 30.5. The molecule has 0 aliphatic carbocycles. The molecule has 12 nitrogen and oxygen atoms in total. The van der Waals surface area contributed by atoms with Gasteiger partial charge in [-0.2, -0.15) is 0 Å². The van der Waals surface area contributed by atoms with Crippen molar-refractivity contribution in [1.29, 1.82) is 0 Å². The fourth-order valence-electron chi connectivity index (χ4n) is 16.7. The summed E-state index contributed by atoms with van der Waals surface area (Å²) in [5, 5.41) is 21.3. The van der Waals surface area contributed by atoms with Crippen LogP contribution in [-0.4, -0.2) is 57.3 Å². The zero-order chi connectivity index (χ0) is 73.0. The van der Waals surface area contributed by atoms with Crippen LogP contribution in [0.2, 0.25) is 0 Å². The van der Waals surface area contributed by atoms with Crippen LogP contribution in [0.5, 0.6) is 0 Å². The van der Waals surface area contributed by atoms with Gasteiger partial charge in [0.05, 0.1) is 84.8 Å². The summed E-state index contributed by atoms with van der Waals surface area (Å²) in [7, 11) is 0. The standard InChI is InChI=1S/3C32H20N4S/c1-2-8-21(9-3-1)32-34-20-31(37-32)36-28-13-7-5-11-24(28)26-18-29-25(19-30(26)36)23-10-4-6-12-27(23)35(29)22-14-16-33-17-15-22;1-2-8-21(9-3-1)32-34-20-29(37-32)36-26-12-6-4-10-23(26)24-14-15-28-30(31(24)36)25-11-5-7-13-27(25)35(28)22-16-18-33-19-17-22;1-2-8-21(9-3-1)32-34-20-29(37-32)36-27-13-7-5-11-25(27)30-28(36)15-14-24-23-10-4-6-12-26(23)35(31(24)30)22-16-18-33-19-17-22/h3*1-20H. The van der Waals surface area contributed by atoms with E-state index in [0.717, 1.165) is 63.8 Å². The van der Waals surface area contributed by atoms with E-state index in [0.29, 0.717) is 0 Å². The van der Waals surface area contributed by atoms with Gasteiger partial charge in [-0.05, 0) is 97.1 Å². The SMILES string of the molecule is c1ccc(-c2ncc(-n3c4ccccc4c4c3ccc3c5ccccc5n(-c5ccncc5)c34)s2)cc1.c1ccc(-c2ncc(-n3c4ccccc4c4cc5c(cc43)c3ccccc3n5-c3ccncc3)s2)cc1.c1ccc(-c2ncc(-n3c4ccccc4c4ccc5c(c6ccccc6n5-c5ccncc5)c43)s2)cc1. The molecule has 15 heteroatoms. The molecule has 0 spiro atoms. The number of nitrogens with zero attached hydrogens (tertiary/aromatic N) is 12. The Balaban J connectivity index is 0.000000102. The van der Waals surface area contributed by atoms with Gasteiger partial charge < -0.3 is 13.7 Å². The molecule has 0 aliphatic rings. The molecule has 12 heterocycles. The molecule has 0 aliphatic heterocycles. The Bertz CT molecular complexity index is 7700. The van der Waals surface area contributed by atoms with Gasteiger partial charge >= 0.3 is 0 Å². The first kappa shape index (κ1) is 64.0. The first-order valence-electron chi connectivity index (χ1n) is 36.8. The smallest absolute Gasteiger partial charge is 0.125 e. The molecule has 0 bridgehead atoms. The lowest BCUT2D eigenvalue weighted by Crippen LogP contribution is -1.94. The predicted octanol–water partition coefficient (Wildman–Crippen LogP) is 25.2. The first-order valence-corrected chi connectivity index (χ1v) is 39.2. The number of hydrogen-bond donors (Lipinski definition) is 0. The number of para-hydroxylation sites is 6. The average molecular weight is 1480 g/mol. The number of benzene rings is 12. The lowest BCUT2D eigenvalue weighted by molar-refractivity contribution is 1.15. The molecular weight excluding hydrogens is 1420 g/mol. The molecule has 0 radical (unpaired) electrons. The molecule has 0 saturated heterocycles. The number of thiazole rings is 3. The van der Waals surface area contributed by atoms with Crippen LogP contribution in [0.15, 0.2) is 365 Å². The number of aromatic nitrogens is 12. The Morgan fingerprint density at radius 3 is 0.901 bits per heavy atom. The minimum absolute atomic E-state index is 1.02. The van der Waals surface area contributed by atoms with E-state index in [2.05, 4.69) is 334 Å². The summed E-state index contributed by atoms with van der Waals surface area (Å²) in [5.74, 6) is 0. The van der Waals surface area contributed by atoms with Crippen LogP contribution in [0.3, 0.4) is 0 Å². The van der Waals surface area contributed by atoms with Crippen LogP contribution in [0.4, 0.5) is 0 Å². The molecular formula is C96H60N12S3. The van der Waals surface area contributed by atoms with Gasteiger partial charge in [-0.25, -0.2) is 15.0 Å². The Labute approximate surface area is 646 Å². The first-order chi connectivity index (χ1) is 55.1. The summed E-state index contributed by atoms with van der Waals surface area (Å²) in [6.07, 6.45) is 17.2. The van der Waals surface area contributed by atoms with E-state index in [9.17, 15) is 0 Å². The molecule has 0 saturated carbocycles. The van der Waals surface area contributed by atoms with Crippen LogP contribution in [0.25, 0.3) is 195 Å². The minimum atomic E-state index is 1.02. The summed E-state index contributed by atoms with van der Waals surface area (Å²) in [4.78, 5) is 27.2. The van der Waals surface area contributed by atoms with Gasteiger partial charge in [0, 0.05) is 136 Å². The van der Waals surface area contributed by atoms with Crippen molar-refractivity contribution in [3.05, 3.63) is 365 Å². The number of hydrogen-bond acceptors (Lipinski definition) is 9.